The zero-order chi connectivity index (χ0) is 15.8. The first-order valence-electron chi connectivity index (χ1n) is 7.69. The minimum absolute atomic E-state index is 0.194. The van der Waals surface area contributed by atoms with Crippen LogP contribution in [0.25, 0.3) is 11.0 Å². The third-order valence-corrected chi connectivity index (χ3v) is 4.25. The average molecular weight is 308 g/mol. The quantitative estimate of drug-likeness (QED) is 0.791. The molecule has 0 saturated carbocycles. The second kappa shape index (κ2) is 5.59. The minimum atomic E-state index is -0.194. The number of hydrogen-bond donors (Lipinski definition) is 1. The van der Waals surface area contributed by atoms with Crippen molar-refractivity contribution in [2.75, 3.05) is 12.3 Å². The van der Waals surface area contributed by atoms with Crippen LogP contribution in [0.4, 0.5) is 10.2 Å². The van der Waals surface area contributed by atoms with Gasteiger partial charge in [0.1, 0.15) is 11.6 Å². The number of aromatic nitrogens is 2. The summed E-state index contributed by atoms with van der Waals surface area (Å²) in [7, 11) is 0. The lowest BCUT2D eigenvalue weighted by molar-refractivity contribution is 0.243. The van der Waals surface area contributed by atoms with Gasteiger partial charge in [-0.3, -0.25) is 4.90 Å². The van der Waals surface area contributed by atoms with E-state index >= 15 is 0 Å². The van der Waals surface area contributed by atoms with Crippen LogP contribution in [0.5, 0.6) is 0 Å². The van der Waals surface area contributed by atoms with Crippen molar-refractivity contribution in [3.8, 4) is 0 Å². The van der Waals surface area contributed by atoms with Crippen LogP contribution in [-0.2, 0) is 19.5 Å². The molecule has 0 bridgehead atoms. The van der Waals surface area contributed by atoms with E-state index in [4.69, 9.17) is 5.73 Å². The molecule has 3 aromatic rings. The molecule has 0 fully saturated rings. The normalized spacial score (nSPS) is 14.8. The maximum Gasteiger partial charge on any atom is 0.161 e. The third-order valence-electron chi connectivity index (χ3n) is 4.25. The molecule has 0 spiro atoms. The van der Waals surface area contributed by atoms with Gasteiger partial charge >= 0.3 is 0 Å². The molecule has 1 aromatic carbocycles. The Morgan fingerprint density at radius 2 is 1.91 bits per heavy atom. The highest BCUT2D eigenvalue weighted by atomic mass is 19.1. The Hall–Kier alpha value is -2.53. The SMILES string of the molecule is Nc1ccc2cc3c(nc2n1)CCN(Cc1ccc(F)cc1)C3. The molecule has 0 amide bonds. The van der Waals surface area contributed by atoms with Gasteiger partial charge in [0.05, 0.1) is 0 Å². The number of fused-ring (bicyclic) bond motifs is 2. The van der Waals surface area contributed by atoms with E-state index in [1.54, 1.807) is 6.07 Å². The Bertz CT molecular complexity index is 861. The number of rotatable bonds is 2. The molecule has 23 heavy (non-hydrogen) atoms. The van der Waals surface area contributed by atoms with Crippen molar-refractivity contribution < 1.29 is 4.39 Å². The van der Waals surface area contributed by atoms with Gasteiger partial charge in [0.15, 0.2) is 5.65 Å². The summed E-state index contributed by atoms with van der Waals surface area (Å²) in [6.07, 6.45) is 0.892. The molecule has 1 aliphatic rings. The van der Waals surface area contributed by atoms with Crippen LogP contribution in [0.2, 0.25) is 0 Å². The van der Waals surface area contributed by atoms with Gasteiger partial charge in [-0.15, -0.1) is 0 Å². The molecule has 3 heterocycles. The van der Waals surface area contributed by atoms with Gasteiger partial charge in [0, 0.05) is 37.1 Å². The summed E-state index contributed by atoms with van der Waals surface area (Å²) in [6, 6.07) is 12.6. The van der Waals surface area contributed by atoms with Gasteiger partial charge in [0.25, 0.3) is 0 Å². The monoisotopic (exact) mass is 308 g/mol. The molecule has 0 atom stereocenters. The van der Waals surface area contributed by atoms with Gasteiger partial charge in [-0.05, 0) is 41.5 Å². The summed E-state index contributed by atoms with van der Waals surface area (Å²) in [4.78, 5) is 11.3. The van der Waals surface area contributed by atoms with Gasteiger partial charge in [-0.1, -0.05) is 12.1 Å². The molecule has 2 N–H and O–H groups in total. The molecule has 0 aliphatic carbocycles. The number of nitrogen functional groups attached to an aromatic ring is 1. The first-order valence-corrected chi connectivity index (χ1v) is 7.69. The summed E-state index contributed by atoms with van der Waals surface area (Å²) in [5.41, 5.74) is 9.91. The number of pyridine rings is 2. The highest BCUT2D eigenvalue weighted by Gasteiger charge is 2.18. The summed E-state index contributed by atoms with van der Waals surface area (Å²) in [6.45, 7) is 2.60. The number of benzene rings is 1. The van der Waals surface area contributed by atoms with Crippen molar-refractivity contribution in [1.29, 1.82) is 0 Å². The van der Waals surface area contributed by atoms with Gasteiger partial charge < -0.3 is 5.73 Å². The van der Waals surface area contributed by atoms with E-state index in [9.17, 15) is 4.39 Å². The molecule has 4 rings (SSSR count). The van der Waals surface area contributed by atoms with E-state index in [1.165, 1.54) is 17.7 Å². The van der Waals surface area contributed by atoms with Crippen LogP contribution in [0.3, 0.4) is 0 Å². The smallest absolute Gasteiger partial charge is 0.161 e. The molecule has 4 nitrogen and oxygen atoms in total. The van der Waals surface area contributed by atoms with E-state index in [2.05, 4.69) is 20.9 Å². The lowest BCUT2D eigenvalue weighted by Gasteiger charge is -2.28. The highest BCUT2D eigenvalue weighted by Crippen LogP contribution is 2.23. The Morgan fingerprint density at radius 1 is 1.09 bits per heavy atom. The number of nitrogens with two attached hydrogens (primary N) is 1. The van der Waals surface area contributed by atoms with Crippen LogP contribution in [0, 0.1) is 5.82 Å². The van der Waals surface area contributed by atoms with Crippen LogP contribution in [0.15, 0.2) is 42.5 Å². The molecular formula is C18H17FN4. The standard InChI is InChI=1S/C18H17FN4/c19-15-4-1-12(2-5-15)10-23-8-7-16-14(11-23)9-13-3-6-17(20)22-18(13)21-16/h1-6,9H,7-8,10-11H2,(H2,20,21,22). The van der Waals surface area contributed by atoms with Crippen molar-refractivity contribution in [2.45, 2.75) is 19.5 Å². The van der Waals surface area contributed by atoms with Crippen LogP contribution in [0.1, 0.15) is 16.8 Å². The van der Waals surface area contributed by atoms with E-state index in [-0.39, 0.29) is 5.82 Å². The maximum atomic E-state index is 13.0. The fourth-order valence-corrected chi connectivity index (χ4v) is 3.07. The predicted octanol–water partition coefficient (Wildman–Crippen LogP) is 2.91. The maximum absolute atomic E-state index is 13.0. The summed E-state index contributed by atoms with van der Waals surface area (Å²) < 4.78 is 13.0. The highest BCUT2D eigenvalue weighted by molar-refractivity contribution is 5.77. The van der Waals surface area contributed by atoms with Crippen LogP contribution < -0.4 is 5.73 Å². The van der Waals surface area contributed by atoms with E-state index in [0.717, 1.165) is 48.3 Å². The molecule has 1 aliphatic heterocycles. The van der Waals surface area contributed by atoms with E-state index in [1.807, 2.05) is 18.2 Å². The van der Waals surface area contributed by atoms with E-state index in [0.29, 0.717) is 5.82 Å². The Morgan fingerprint density at radius 3 is 2.74 bits per heavy atom. The number of anilines is 1. The topological polar surface area (TPSA) is 55.0 Å². The van der Waals surface area contributed by atoms with Crippen molar-refractivity contribution in [2.24, 2.45) is 0 Å². The van der Waals surface area contributed by atoms with Gasteiger partial charge in [0.2, 0.25) is 0 Å². The molecule has 116 valence electrons. The molecular weight excluding hydrogens is 291 g/mol. The summed E-state index contributed by atoms with van der Waals surface area (Å²) in [5.74, 6) is 0.305. The van der Waals surface area contributed by atoms with Crippen molar-refractivity contribution in [3.63, 3.8) is 0 Å². The van der Waals surface area contributed by atoms with Crippen molar-refractivity contribution in [3.05, 3.63) is 65.1 Å². The molecule has 0 unspecified atom stereocenters. The van der Waals surface area contributed by atoms with Gasteiger partial charge in [-0.2, -0.15) is 0 Å². The molecule has 0 saturated heterocycles. The largest absolute Gasteiger partial charge is 0.384 e. The Labute approximate surface area is 133 Å². The zero-order valence-corrected chi connectivity index (χ0v) is 12.7. The van der Waals surface area contributed by atoms with Crippen LogP contribution >= 0.6 is 0 Å². The third kappa shape index (κ3) is 2.87. The molecule has 0 radical (unpaired) electrons. The zero-order valence-electron chi connectivity index (χ0n) is 12.7. The van der Waals surface area contributed by atoms with Crippen molar-refractivity contribution in [1.82, 2.24) is 14.9 Å². The number of hydrogen-bond acceptors (Lipinski definition) is 4. The fraction of sp³-hybridized carbons (Fsp3) is 0.222. The first-order chi connectivity index (χ1) is 11.2. The Kier molecular flexibility index (Phi) is 3.42. The minimum Gasteiger partial charge on any atom is -0.384 e. The summed E-state index contributed by atoms with van der Waals surface area (Å²) in [5, 5.41) is 1.02. The fourth-order valence-electron chi connectivity index (χ4n) is 3.07. The first kappa shape index (κ1) is 14.1. The van der Waals surface area contributed by atoms with Crippen LogP contribution in [-0.4, -0.2) is 21.4 Å². The molecule has 2 aromatic heterocycles. The number of nitrogens with zero attached hydrogens (tertiary/aromatic N) is 3. The summed E-state index contributed by atoms with van der Waals surface area (Å²) >= 11 is 0. The predicted molar refractivity (Wildman–Crippen MR) is 88.2 cm³/mol. The lowest BCUT2D eigenvalue weighted by atomic mass is 10.0. The van der Waals surface area contributed by atoms with Gasteiger partial charge in [-0.25, -0.2) is 14.4 Å². The van der Waals surface area contributed by atoms with E-state index < -0.39 is 0 Å². The second-order valence-electron chi connectivity index (χ2n) is 5.96. The second-order valence-corrected chi connectivity index (χ2v) is 5.96. The lowest BCUT2D eigenvalue weighted by Crippen LogP contribution is -2.30. The average Bonchev–Trinajstić information content (AvgIpc) is 2.55. The Balaban J connectivity index is 1.58. The van der Waals surface area contributed by atoms with Crippen molar-refractivity contribution >= 4 is 16.9 Å². The molecule has 5 heteroatoms. The number of halogens is 1.